The van der Waals surface area contributed by atoms with E-state index in [4.69, 9.17) is 5.73 Å². The highest BCUT2D eigenvalue weighted by Gasteiger charge is 2.07. The molecule has 0 saturated carbocycles. The number of benzene rings is 1. The van der Waals surface area contributed by atoms with Crippen molar-refractivity contribution in [2.24, 2.45) is 5.73 Å². The van der Waals surface area contributed by atoms with E-state index in [1.807, 2.05) is 12.3 Å². The summed E-state index contributed by atoms with van der Waals surface area (Å²) in [4.78, 5) is 4.49. The lowest BCUT2D eigenvalue weighted by molar-refractivity contribution is 0.620. The number of rotatable bonds is 6. The molecule has 2 aromatic heterocycles. The maximum absolute atomic E-state index is 5.82. The van der Waals surface area contributed by atoms with E-state index < -0.39 is 0 Å². The zero-order valence-corrected chi connectivity index (χ0v) is 12.2. The highest BCUT2D eigenvalue weighted by atomic mass is 15.0. The lowest BCUT2D eigenvalue weighted by atomic mass is 10.1. The van der Waals surface area contributed by atoms with Crippen LogP contribution in [-0.2, 0) is 19.5 Å². The van der Waals surface area contributed by atoms with Crippen molar-refractivity contribution in [3.8, 4) is 0 Å². The fourth-order valence-electron chi connectivity index (χ4n) is 2.78. The number of nitrogens with two attached hydrogens (primary N) is 1. The fraction of sp³-hybridized carbons (Fsp3) is 0.278. The van der Waals surface area contributed by atoms with Crippen LogP contribution in [0.1, 0.15) is 24.0 Å². The number of aromatic nitrogens is 2. The Bertz CT molecular complexity index is 701. The fourth-order valence-corrected chi connectivity index (χ4v) is 2.78. The Balaban J connectivity index is 1.63. The quantitative estimate of drug-likeness (QED) is 0.702. The van der Waals surface area contributed by atoms with Crippen molar-refractivity contribution >= 4 is 11.0 Å². The smallest absolute Gasteiger partial charge is 0.140 e. The monoisotopic (exact) mass is 279 g/mol. The number of aryl methyl sites for hydroxylation is 2. The zero-order valence-electron chi connectivity index (χ0n) is 12.2. The van der Waals surface area contributed by atoms with Crippen molar-refractivity contribution in [1.29, 1.82) is 0 Å². The van der Waals surface area contributed by atoms with Gasteiger partial charge in [0.2, 0.25) is 0 Å². The van der Waals surface area contributed by atoms with Gasteiger partial charge in [-0.2, -0.15) is 0 Å². The molecule has 0 aliphatic heterocycles. The molecule has 0 bridgehead atoms. The van der Waals surface area contributed by atoms with Crippen LogP contribution in [0.4, 0.5) is 0 Å². The van der Waals surface area contributed by atoms with Gasteiger partial charge in [0.15, 0.2) is 0 Å². The van der Waals surface area contributed by atoms with Gasteiger partial charge in [0.25, 0.3) is 0 Å². The largest absolute Gasteiger partial charge is 0.332 e. The molecule has 3 rings (SSSR count). The van der Waals surface area contributed by atoms with E-state index in [0.29, 0.717) is 6.54 Å². The molecule has 1 aromatic carbocycles. The molecule has 0 atom stereocenters. The number of hydrogen-bond acceptors (Lipinski definition) is 2. The standard InChI is InChI=1S/C18H21N3/c19-13-16-14-21(18-17(16)10-6-11-20-18)12-5-4-9-15-7-2-1-3-8-15/h1-3,6-8,10-11,14H,4-5,9,12-13,19H2. The Kier molecular flexibility index (Phi) is 4.31. The predicted octanol–water partition coefficient (Wildman–Crippen LogP) is 3.52. The van der Waals surface area contributed by atoms with Gasteiger partial charge in [-0.15, -0.1) is 0 Å². The average molecular weight is 279 g/mol. The molecule has 2 N–H and O–H groups in total. The molecule has 0 aliphatic carbocycles. The SMILES string of the molecule is NCc1cn(CCCCc2ccccc2)c2ncccc12. The van der Waals surface area contributed by atoms with Crippen molar-refractivity contribution in [1.82, 2.24) is 9.55 Å². The van der Waals surface area contributed by atoms with Crippen LogP contribution in [0, 0.1) is 0 Å². The minimum atomic E-state index is 0.569. The molecule has 0 radical (unpaired) electrons. The third-order valence-electron chi connectivity index (χ3n) is 3.89. The van der Waals surface area contributed by atoms with Gasteiger partial charge in [0.1, 0.15) is 5.65 Å². The van der Waals surface area contributed by atoms with Crippen molar-refractivity contribution in [3.05, 3.63) is 66.0 Å². The maximum atomic E-state index is 5.82. The molecule has 108 valence electrons. The minimum Gasteiger partial charge on any atom is -0.332 e. The van der Waals surface area contributed by atoms with E-state index in [2.05, 4.69) is 52.1 Å². The summed E-state index contributed by atoms with van der Waals surface area (Å²) in [5, 5.41) is 1.18. The van der Waals surface area contributed by atoms with Gasteiger partial charge >= 0.3 is 0 Å². The van der Waals surface area contributed by atoms with Crippen LogP contribution in [0.15, 0.2) is 54.9 Å². The van der Waals surface area contributed by atoms with E-state index in [1.54, 1.807) is 0 Å². The van der Waals surface area contributed by atoms with Gasteiger partial charge in [-0.25, -0.2) is 4.98 Å². The Hall–Kier alpha value is -2.13. The van der Waals surface area contributed by atoms with Crippen molar-refractivity contribution in [2.75, 3.05) is 0 Å². The lowest BCUT2D eigenvalue weighted by Crippen LogP contribution is -1.99. The molecule has 3 nitrogen and oxygen atoms in total. The van der Waals surface area contributed by atoms with E-state index >= 15 is 0 Å². The van der Waals surface area contributed by atoms with Crippen molar-refractivity contribution < 1.29 is 0 Å². The summed E-state index contributed by atoms with van der Waals surface area (Å²) in [6.45, 7) is 1.57. The first-order valence-electron chi connectivity index (χ1n) is 7.55. The van der Waals surface area contributed by atoms with Gasteiger partial charge in [-0.1, -0.05) is 30.3 Å². The highest BCUT2D eigenvalue weighted by Crippen LogP contribution is 2.19. The molecule has 0 spiro atoms. The summed E-state index contributed by atoms with van der Waals surface area (Å²) >= 11 is 0. The molecule has 0 unspecified atom stereocenters. The first-order chi connectivity index (χ1) is 10.4. The molecule has 3 aromatic rings. The summed E-state index contributed by atoms with van der Waals surface area (Å²) in [7, 11) is 0. The van der Waals surface area contributed by atoms with Gasteiger partial charge in [0.05, 0.1) is 0 Å². The third kappa shape index (κ3) is 3.14. The molecule has 0 saturated heterocycles. The van der Waals surface area contributed by atoms with Gasteiger partial charge in [0, 0.05) is 30.9 Å². The van der Waals surface area contributed by atoms with E-state index in [0.717, 1.165) is 25.0 Å². The summed E-state index contributed by atoms with van der Waals surface area (Å²) in [6.07, 6.45) is 7.48. The summed E-state index contributed by atoms with van der Waals surface area (Å²) in [5.74, 6) is 0. The number of hydrogen-bond donors (Lipinski definition) is 1. The van der Waals surface area contributed by atoms with Crippen LogP contribution in [0.3, 0.4) is 0 Å². The van der Waals surface area contributed by atoms with Crippen LogP contribution in [0.25, 0.3) is 11.0 Å². The minimum absolute atomic E-state index is 0.569. The summed E-state index contributed by atoms with van der Waals surface area (Å²) in [5.41, 5.74) is 9.47. The number of nitrogens with zero attached hydrogens (tertiary/aromatic N) is 2. The number of pyridine rings is 1. The molecule has 0 fully saturated rings. The average Bonchev–Trinajstić information content (AvgIpc) is 2.91. The van der Waals surface area contributed by atoms with Gasteiger partial charge < -0.3 is 10.3 Å². The summed E-state index contributed by atoms with van der Waals surface area (Å²) in [6, 6.07) is 14.7. The van der Waals surface area contributed by atoms with E-state index in [9.17, 15) is 0 Å². The Morgan fingerprint density at radius 3 is 2.67 bits per heavy atom. The van der Waals surface area contributed by atoms with Crippen molar-refractivity contribution in [3.63, 3.8) is 0 Å². The molecule has 3 heteroatoms. The first kappa shape index (κ1) is 13.8. The Morgan fingerprint density at radius 2 is 1.86 bits per heavy atom. The Labute approximate surface area is 125 Å². The molecular formula is C18H21N3. The molecule has 2 heterocycles. The van der Waals surface area contributed by atoms with Crippen molar-refractivity contribution in [2.45, 2.75) is 32.4 Å². The third-order valence-corrected chi connectivity index (χ3v) is 3.89. The number of unbranched alkanes of at least 4 members (excludes halogenated alkanes) is 1. The van der Waals surface area contributed by atoms with Crippen LogP contribution in [-0.4, -0.2) is 9.55 Å². The van der Waals surface area contributed by atoms with Crippen LogP contribution >= 0.6 is 0 Å². The Morgan fingerprint density at radius 1 is 1.00 bits per heavy atom. The molecule has 21 heavy (non-hydrogen) atoms. The van der Waals surface area contributed by atoms with E-state index in [1.165, 1.54) is 22.9 Å². The normalized spacial score (nSPS) is 11.1. The molecule has 0 amide bonds. The molecule has 0 aliphatic rings. The molecular weight excluding hydrogens is 258 g/mol. The highest BCUT2D eigenvalue weighted by molar-refractivity contribution is 5.80. The lowest BCUT2D eigenvalue weighted by Gasteiger charge is -2.05. The van der Waals surface area contributed by atoms with Gasteiger partial charge in [-0.05, 0) is 42.5 Å². The number of fused-ring (bicyclic) bond motifs is 1. The maximum Gasteiger partial charge on any atom is 0.140 e. The summed E-state index contributed by atoms with van der Waals surface area (Å²) < 4.78 is 2.24. The second-order valence-corrected chi connectivity index (χ2v) is 5.37. The second kappa shape index (κ2) is 6.55. The second-order valence-electron chi connectivity index (χ2n) is 5.37. The van der Waals surface area contributed by atoms with Crippen LogP contribution < -0.4 is 5.73 Å². The topological polar surface area (TPSA) is 43.8 Å². The van der Waals surface area contributed by atoms with Gasteiger partial charge in [-0.3, -0.25) is 0 Å². The first-order valence-corrected chi connectivity index (χ1v) is 7.55. The predicted molar refractivity (Wildman–Crippen MR) is 87.0 cm³/mol. The van der Waals surface area contributed by atoms with Crippen LogP contribution in [0.5, 0.6) is 0 Å². The zero-order chi connectivity index (χ0) is 14.5. The van der Waals surface area contributed by atoms with E-state index in [-0.39, 0.29) is 0 Å². The van der Waals surface area contributed by atoms with Crippen LogP contribution in [0.2, 0.25) is 0 Å².